The van der Waals surface area contributed by atoms with E-state index >= 15 is 0 Å². The van der Waals surface area contributed by atoms with Gasteiger partial charge in [0.2, 0.25) is 0 Å². The van der Waals surface area contributed by atoms with E-state index in [1.807, 2.05) is 0 Å². The second-order valence-electron chi connectivity index (χ2n) is 6.08. The molecule has 0 fully saturated rings. The zero-order valence-corrected chi connectivity index (χ0v) is 16.2. The highest BCUT2D eigenvalue weighted by Crippen LogP contribution is 2.36. The molecule has 1 aromatic carbocycles. The van der Waals surface area contributed by atoms with Crippen molar-refractivity contribution in [1.82, 2.24) is 10.5 Å². The molecule has 1 amide bonds. The first-order chi connectivity index (χ1) is 12.1. The van der Waals surface area contributed by atoms with Crippen LogP contribution >= 0.6 is 23.2 Å². The van der Waals surface area contributed by atoms with Crippen LogP contribution in [0.1, 0.15) is 61.6 Å². The zero-order valence-electron chi connectivity index (χ0n) is 14.7. The molecular formula is C19H24Cl2N2O2. The minimum absolute atomic E-state index is 0.210. The Hall–Kier alpha value is -1.52. The first-order valence-corrected chi connectivity index (χ1v) is 9.50. The minimum Gasteiger partial charge on any atom is -0.360 e. The van der Waals surface area contributed by atoms with Gasteiger partial charge in [-0.15, -0.1) is 0 Å². The van der Waals surface area contributed by atoms with Crippen LogP contribution in [0.4, 0.5) is 0 Å². The fraction of sp³-hybridized carbons (Fsp3) is 0.474. The highest BCUT2D eigenvalue weighted by molar-refractivity contribution is 6.39. The summed E-state index contributed by atoms with van der Waals surface area (Å²) in [6.07, 6.45) is 7.04. The van der Waals surface area contributed by atoms with Gasteiger partial charge in [0.05, 0.1) is 10.0 Å². The monoisotopic (exact) mass is 382 g/mol. The molecule has 1 aromatic heterocycles. The molecule has 0 atom stereocenters. The zero-order chi connectivity index (χ0) is 18.2. The van der Waals surface area contributed by atoms with Gasteiger partial charge >= 0.3 is 0 Å². The highest BCUT2D eigenvalue weighted by Gasteiger charge is 2.24. The van der Waals surface area contributed by atoms with Gasteiger partial charge in [-0.25, -0.2) is 0 Å². The number of aromatic nitrogens is 1. The fourth-order valence-corrected chi connectivity index (χ4v) is 3.31. The van der Waals surface area contributed by atoms with E-state index in [1.165, 1.54) is 25.7 Å². The first kappa shape index (κ1) is 19.8. The van der Waals surface area contributed by atoms with Gasteiger partial charge in [-0.05, 0) is 25.5 Å². The van der Waals surface area contributed by atoms with Crippen molar-refractivity contribution < 1.29 is 9.32 Å². The summed E-state index contributed by atoms with van der Waals surface area (Å²) in [7, 11) is 0. The number of carbonyl (C=O) groups excluding carboxylic acids is 1. The Morgan fingerprint density at radius 2 is 1.76 bits per heavy atom. The summed E-state index contributed by atoms with van der Waals surface area (Å²) >= 11 is 12.5. The average molecular weight is 383 g/mol. The van der Waals surface area contributed by atoms with Gasteiger partial charge in [0.15, 0.2) is 0 Å². The number of aryl methyl sites for hydroxylation is 1. The predicted octanol–water partition coefficient (Wildman–Crippen LogP) is 6.05. The lowest BCUT2D eigenvalue weighted by atomic mass is 10.1. The molecule has 136 valence electrons. The molecular weight excluding hydrogens is 359 g/mol. The number of carbonyl (C=O) groups is 1. The molecule has 0 aliphatic carbocycles. The first-order valence-electron chi connectivity index (χ1n) is 8.75. The maximum absolute atomic E-state index is 12.6. The topological polar surface area (TPSA) is 55.1 Å². The molecule has 1 N–H and O–H groups in total. The fourth-order valence-electron chi connectivity index (χ4n) is 2.73. The summed E-state index contributed by atoms with van der Waals surface area (Å²) in [5.74, 6) is 0.240. The molecule has 0 spiro atoms. The Morgan fingerprint density at radius 3 is 2.44 bits per heavy atom. The maximum Gasteiger partial charge on any atom is 0.257 e. The second-order valence-corrected chi connectivity index (χ2v) is 6.90. The normalized spacial score (nSPS) is 10.9. The van der Waals surface area contributed by atoms with Crippen molar-refractivity contribution in [3.63, 3.8) is 0 Å². The van der Waals surface area contributed by atoms with E-state index in [1.54, 1.807) is 25.1 Å². The van der Waals surface area contributed by atoms with Crippen LogP contribution in [0.2, 0.25) is 10.0 Å². The molecule has 0 aliphatic heterocycles. The van der Waals surface area contributed by atoms with Gasteiger partial charge in [0.1, 0.15) is 17.0 Å². The van der Waals surface area contributed by atoms with Crippen LogP contribution in [-0.4, -0.2) is 17.6 Å². The third-order valence-electron chi connectivity index (χ3n) is 4.11. The Labute approximate surface area is 158 Å². The molecule has 2 aromatic rings. The van der Waals surface area contributed by atoms with Gasteiger partial charge in [-0.3, -0.25) is 4.79 Å². The number of hydrogen-bond acceptors (Lipinski definition) is 3. The number of rotatable bonds is 9. The van der Waals surface area contributed by atoms with Crippen molar-refractivity contribution in [3.8, 4) is 11.3 Å². The highest BCUT2D eigenvalue weighted by atomic mass is 35.5. The standard InChI is InChI=1S/C19H24Cl2N2O2/c1-3-4-5-6-7-8-12-22-19(24)16-13(2)25-23-18(16)17-14(20)10-9-11-15(17)21/h9-11H,3-8,12H2,1-2H3,(H,22,24). The Balaban J connectivity index is 2.03. The molecule has 6 heteroatoms. The van der Waals surface area contributed by atoms with Gasteiger partial charge in [-0.1, -0.05) is 73.5 Å². The summed E-state index contributed by atoms with van der Waals surface area (Å²) in [6.45, 7) is 4.54. The maximum atomic E-state index is 12.6. The van der Waals surface area contributed by atoms with Gasteiger partial charge < -0.3 is 9.84 Å². The molecule has 1 heterocycles. The predicted molar refractivity (Wildman–Crippen MR) is 102 cm³/mol. The molecule has 0 saturated heterocycles. The number of hydrogen-bond donors (Lipinski definition) is 1. The summed E-state index contributed by atoms with van der Waals surface area (Å²) < 4.78 is 5.22. The van der Waals surface area contributed by atoms with E-state index in [0.717, 1.165) is 12.8 Å². The van der Waals surface area contributed by atoms with Crippen molar-refractivity contribution in [2.24, 2.45) is 0 Å². The van der Waals surface area contributed by atoms with Crippen LogP contribution in [-0.2, 0) is 0 Å². The van der Waals surface area contributed by atoms with Crippen LogP contribution in [0, 0.1) is 6.92 Å². The van der Waals surface area contributed by atoms with Crippen LogP contribution in [0.3, 0.4) is 0 Å². The summed E-state index contributed by atoms with van der Waals surface area (Å²) in [6, 6.07) is 5.18. The molecule has 2 rings (SSSR count). The van der Waals surface area contributed by atoms with Gasteiger partial charge in [-0.2, -0.15) is 0 Å². The van der Waals surface area contributed by atoms with E-state index in [-0.39, 0.29) is 5.91 Å². The van der Waals surface area contributed by atoms with E-state index in [0.29, 0.717) is 39.2 Å². The van der Waals surface area contributed by atoms with Crippen LogP contribution in [0.25, 0.3) is 11.3 Å². The third-order valence-corrected chi connectivity index (χ3v) is 4.74. The number of unbranched alkanes of at least 4 members (excludes halogenated alkanes) is 5. The van der Waals surface area contributed by atoms with E-state index < -0.39 is 0 Å². The van der Waals surface area contributed by atoms with Crippen LogP contribution < -0.4 is 5.32 Å². The Kier molecular flexibility index (Phi) is 7.79. The van der Waals surface area contributed by atoms with Crippen molar-refractivity contribution in [1.29, 1.82) is 0 Å². The molecule has 0 unspecified atom stereocenters. The van der Waals surface area contributed by atoms with Crippen molar-refractivity contribution in [2.45, 2.75) is 52.4 Å². The number of nitrogens with zero attached hydrogens (tertiary/aromatic N) is 1. The lowest BCUT2D eigenvalue weighted by molar-refractivity contribution is 0.0952. The van der Waals surface area contributed by atoms with Gasteiger partial charge in [0, 0.05) is 12.1 Å². The molecule has 0 saturated carbocycles. The van der Waals surface area contributed by atoms with Crippen molar-refractivity contribution in [2.75, 3.05) is 6.54 Å². The summed E-state index contributed by atoms with van der Waals surface area (Å²) in [5, 5.41) is 7.81. The molecule has 0 aliphatic rings. The third kappa shape index (κ3) is 5.23. The summed E-state index contributed by atoms with van der Waals surface area (Å²) in [5.41, 5.74) is 1.29. The SMILES string of the molecule is CCCCCCCCNC(=O)c1c(-c2c(Cl)cccc2Cl)noc1C. The van der Waals surface area contributed by atoms with Crippen LogP contribution in [0.5, 0.6) is 0 Å². The molecule has 0 radical (unpaired) electrons. The number of nitrogens with one attached hydrogen (secondary N) is 1. The van der Waals surface area contributed by atoms with Crippen molar-refractivity contribution in [3.05, 3.63) is 39.6 Å². The molecule has 4 nitrogen and oxygen atoms in total. The van der Waals surface area contributed by atoms with Gasteiger partial charge in [0.25, 0.3) is 5.91 Å². The summed E-state index contributed by atoms with van der Waals surface area (Å²) in [4.78, 5) is 12.6. The van der Waals surface area contributed by atoms with Crippen molar-refractivity contribution >= 4 is 29.1 Å². The largest absolute Gasteiger partial charge is 0.360 e. The van der Waals surface area contributed by atoms with E-state index in [4.69, 9.17) is 27.7 Å². The smallest absolute Gasteiger partial charge is 0.257 e. The van der Waals surface area contributed by atoms with E-state index in [2.05, 4.69) is 17.4 Å². The Bertz CT molecular complexity index is 693. The second kappa shape index (κ2) is 9.83. The Morgan fingerprint density at radius 1 is 1.12 bits per heavy atom. The average Bonchev–Trinajstić information content (AvgIpc) is 2.95. The molecule has 25 heavy (non-hydrogen) atoms. The molecule has 0 bridgehead atoms. The minimum atomic E-state index is -0.210. The number of benzene rings is 1. The lowest BCUT2D eigenvalue weighted by Gasteiger charge is -2.08. The number of amides is 1. The lowest BCUT2D eigenvalue weighted by Crippen LogP contribution is -2.25. The number of halogens is 2. The quantitative estimate of drug-likeness (QED) is 0.537. The van der Waals surface area contributed by atoms with E-state index in [9.17, 15) is 4.79 Å². The van der Waals surface area contributed by atoms with Crippen LogP contribution in [0.15, 0.2) is 22.7 Å².